The Hall–Kier alpha value is -2.86. The van der Waals surface area contributed by atoms with E-state index in [9.17, 15) is 0 Å². The quantitative estimate of drug-likeness (QED) is 0.692. The van der Waals surface area contributed by atoms with E-state index in [0.29, 0.717) is 6.42 Å². The largest absolute Gasteiger partial charge is 0.497 e. The number of hydrazone groups is 1. The number of hydrogen-bond donors (Lipinski definition) is 2. The minimum absolute atomic E-state index is 0.151. The molecule has 1 unspecified atom stereocenters. The molecule has 0 amide bonds. The lowest BCUT2D eigenvalue weighted by molar-refractivity contribution is 0.415. The zero-order valence-electron chi connectivity index (χ0n) is 13.8. The molecule has 3 aromatic rings. The minimum atomic E-state index is -0.151. The Morgan fingerprint density at radius 1 is 1.24 bits per heavy atom. The number of H-pyrrole nitrogens is 1. The lowest BCUT2D eigenvalue weighted by Gasteiger charge is -2.25. The van der Waals surface area contributed by atoms with Gasteiger partial charge in [-0.15, -0.1) is 0 Å². The van der Waals surface area contributed by atoms with E-state index in [1.165, 1.54) is 10.9 Å². The molecule has 2 aromatic carbocycles. The highest BCUT2D eigenvalue weighted by molar-refractivity contribution is 7.79. The Labute approximate surface area is 151 Å². The molecule has 126 valence electrons. The van der Waals surface area contributed by atoms with Gasteiger partial charge < -0.3 is 14.6 Å². The van der Waals surface area contributed by atoms with Crippen molar-refractivity contribution < 1.29 is 4.74 Å². The number of nitrogens with zero attached hydrogens (tertiary/aromatic N) is 2. The average molecular weight is 350 g/mol. The summed E-state index contributed by atoms with van der Waals surface area (Å²) >= 11 is 5.19. The van der Waals surface area contributed by atoms with Gasteiger partial charge in [0.2, 0.25) is 0 Å². The Kier molecular flexibility index (Phi) is 4.11. The summed E-state index contributed by atoms with van der Waals surface area (Å²) in [4.78, 5) is 5.43. The Bertz CT molecular complexity index is 949. The van der Waals surface area contributed by atoms with Gasteiger partial charge in [-0.3, -0.25) is 5.43 Å². The molecule has 4 rings (SSSR count). The fraction of sp³-hybridized carbons (Fsp3) is 0.158. The summed E-state index contributed by atoms with van der Waals surface area (Å²) < 4.78 is 5.35. The smallest absolute Gasteiger partial charge is 0.150 e. The zero-order valence-corrected chi connectivity index (χ0v) is 14.6. The maximum absolute atomic E-state index is 5.35. The van der Waals surface area contributed by atoms with Crippen molar-refractivity contribution in [2.45, 2.75) is 12.6 Å². The number of hydrogen-bond acceptors (Lipinski definition) is 5. The summed E-state index contributed by atoms with van der Waals surface area (Å²) in [6, 6.07) is 16.2. The second kappa shape index (κ2) is 6.57. The molecule has 1 aliphatic rings. The van der Waals surface area contributed by atoms with Crippen LogP contribution in [0.15, 0.2) is 59.8 Å². The molecule has 25 heavy (non-hydrogen) atoms. The van der Waals surface area contributed by atoms with Gasteiger partial charge >= 0.3 is 0 Å². The van der Waals surface area contributed by atoms with Crippen LogP contribution in [0.4, 0.5) is 5.69 Å². The number of aromatic amines is 1. The SMILES string of the molecule is COc1cccc(N2C(Cc3c[nH]c4ccccc34)=NNC2C=S)c1. The number of aromatic nitrogens is 1. The van der Waals surface area contributed by atoms with Crippen molar-refractivity contribution >= 4 is 40.0 Å². The molecule has 1 aliphatic heterocycles. The van der Waals surface area contributed by atoms with Gasteiger partial charge in [0.25, 0.3) is 0 Å². The normalized spacial score (nSPS) is 16.6. The van der Waals surface area contributed by atoms with Crippen LogP contribution < -0.4 is 15.1 Å². The number of nitrogens with one attached hydrogen (secondary N) is 2. The molecule has 0 fully saturated rings. The highest BCUT2D eigenvalue weighted by atomic mass is 32.1. The molecule has 2 N–H and O–H groups in total. The second-order valence-corrected chi connectivity index (χ2v) is 6.12. The van der Waals surface area contributed by atoms with Crippen LogP contribution in [-0.2, 0) is 6.42 Å². The van der Waals surface area contributed by atoms with Gasteiger partial charge in [0.05, 0.1) is 7.11 Å². The highest BCUT2D eigenvalue weighted by Gasteiger charge is 2.28. The van der Waals surface area contributed by atoms with Crippen LogP contribution >= 0.6 is 12.2 Å². The Morgan fingerprint density at radius 3 is 2.96 bits per heavy atom. The lowest BCUT2D eigenvalue weighted by Crippen LogP contribution is -2.41. The molecule has 0 bridgehead atoms. The third kappa shape index (κ3) is 2.85. The molecule has 0 saturated heterocycles. The summed E-state index contributed by atoms with van der Waals surface area (Å²) in [5.74, 6) is 1.73. The van der Waals surface area contributed by atoms with Crippen LogP contribution in [0.25, 0.3) is 10.9 Å². The number of thiocarbonyl (C=S) groups is 1. The molecule has 6 heteroatoms. The molecule has 0 saturated carbocycles. The first-order valence-electron chi connectivity index (χ1n) is 8.06. The number of benzene rings is 2. The predicted molar refractivity (Wildman–Crippen MR) is 105 cm³/mol. The van der Waals surface area contributed by atoms with Crippen LogP contribution in [0.1, 0.15) is 5.56 Å². The summed E-state index contributed by atoms with van der Waals surface area (Å²) in [6.45, 7) is 0. The number of anilines is 1. The molecule has 0 radical (unpaired) electrons. The topological polar surface area (TPSA) is 52.6 Å². The fourth-order valence-corrected chi connectivity index (χ4v) is 3.33. The van der Waals surface area contributed by atoms with Crippen molar-refractivity contribution in [3.8, 4) is 5.75 Å². The second-order valence-electron chi connectivity index (χ2n) is 5.85. The van der Waals surface area contributed by atoms with Crippen LogP contribution in [0.3, 0.4) is 0 Å². The number of methoxy groups -OCH3 is 1. The van der Waals surface area contributed by atoms with Gasteiger partial charge in [-0.2, -0.15) is 5.10 Å². The van der Waals surface area contributed by atoms with Crippen LogP contribution in [0.2, 0.25) is 0 Å². The molecule has 0 spiro atoms. The fourth-order valence-electron chi connectivity index (χ4n) is 3.15. The number of fused-ring (bicyclic) bond motifs is 1. The predicted octanol–water partition coefficient (Wildman–Crippen LogP) is 3.47. The Morgan fingerprint density at radius 2 is 2.12 bits per heavy atom. The van der Waals surface area contributed by atoms with E-state index in [-0.39, 0.29) is 6.17 Å². The molecule has 1 aromatic heterocycles. The van der Waals surface area contributed by atoms with Crippen molar-refractivity contribution in [2.75, 3.05) is 12.0 Å². The van der Waals surface area contributed by atoms with Gasteiger partial charge in [-0.1, -0.05) is 36.5 Å². The van der Waals surface area contributed by atoms with Crippen molar-refractivity contribution in [3.63, 3.8) is 0 Å². The lowest BCUT2D eigenvalue weighted by atomic mass is 10.1. The number of rotatable bonds is 5. The van der Waals surface area contributed by atoms with Crippen LogP contribution in [0, 0.1) is 0 Å². The van der Waals surface area contributed by atoms with Crippen molar-refractivity contribution in [1.82, 2.24) is 10.4 Å². The molecular formula is C19H18N4OS. The van der Waals surface area contributed by atoms with Crippen LogP contribution in [-0.4, -0.2) is 29.5 Å². The van der Waals surface area contributed by atoms with Gasteiger partial charge in [-0.05, 0) is 23.8 Å². The first kappa shape index (κ1) is 15.7. The Balaban J connectivity index is 1.69. The monoisotopic (exact) mass is 350 g/mol. The van der Waals surface area contributed by atoms with Crippen LogP contribution in [0.5, 0.6) is 5.75 Å². The first-order valence-corrected chi connectivity index (χ1v) is 8.53. The highest BCUT2D eigenvalue weighted by Crippen LogP contribution is 2.27. The molecule has 1 atom stereocenters. The average Bonchev–Trinajstić information content (AvgIpc) is 3.26. The summed E-state index contributed by atoms with van der Waals surface area (Å²) in [6.07, 6.45) is 2.59. The third-order valence-electron chi connectivity index (χ3n) is 4.37. The maximum atomic E-state index is 5.35. The number of ether oxygens (including phenoxy) is 1. The molecule has 0 aliphatic carbocycles. The van der Waals surface area contributed by atoms with Gasteiger partial charge in [0, 0.05) is 40.6 Å². The van der Waals surface area contributed by atoms with E-state index in [1.54, 1.807) is 12.5 Å². The van der Waals surface area contributed by atoms with Crippen molar-refractivity contribution in [2.24, 2.45) is 5.10 Å². The maximum Gasteiger partial charge on any atom is 0.150 e. The molecule has 5 nitrogen and oxygen atoms in total. The summed E-state index contributed by atoms with van der Waals surface area (Å²) in [5, 5.41) is 7.42. The van der Waals surface area contributed by atoms with Crippen molar-refractivity contribution in [1.29, 1.82) is 0 Å². The van der Waals surface area contributed by atoms with E-state index >= 15 is 0 Å². The van der Waals surface area contributed by atoms with E-state index < -0.39 is 0 Å². The van der Waals surface area contributed by atoms with E-state index in [1.807, 2.05) is 42.6 Å². The molecular weight excluding hydrogens is 332 g/mol. The van der Waals surface area contributed by atoms with E-state index in [0.717, 1.165) is 22.8 Å². The number of para-hydroxylation sites is 1. The summed E-state index contributed by atoms with van der Waals surface area (Å²) in [5.41, 5.74) is 6.43. The minimum Gasteiger partial charge on any atom is -0.497 e. The van der Waals surface area contributed by atoms with E-state index in [4.69, 9.17) is 17.0 Å². The third-order valence-corrected chi connectivity index (χ3v) is 4.62. The first-order chi connectivity index (χ1) is 12.3. The summed E-state index contributed by atoms with van der Waals surface area (Å²) in [7, 11) is 1.67. The van der Waals surface area contributed by atoms with E-state index in [2.05, 4.69) is 32.5 Å². The van der Waals surface area contributed by atoms with Gasteiger partial charge in [-0.25, -0.2) is 0 Å². The van der Waals surface area contributed by atoms with Crippen molar-refractivity contribution in [3.05, 3.63) is 60.3 Å². The van der Waals surface area contributed by atoms with Gasteiger partial charge in [0.1, 0.15) is 17.8 Å². The van der Waals surface area contributed by atoms with Gasteiger partial charge in [0.15, 0.2) is 0 Å². The number of amidine groups is 1. The standard InChI is InChI=1S/C19H18N4OS/c1-24-15-6-4-5-14(10-15)23-18(21-22-19(23)12-25)9-13-11-20-17-8-3-2-7-16(13)17/h2-8,10-12,19-20,22H,9H2,1H3. The molecule has 2 heterocycles. The zero-order chi connectivity index (χ0) is 17.2.